The molecule has 0 aromatic heterocycles. The number of aliphatic carboxylic acids is 2. The van der Waals surface area contributed by atoms with Crippen LogP contribution in [0.2, 0.25) is 0 Å². The van der Waals surface area contributed by atoms with Crippen LogP contribution >= 0.6 is 7.82 Å². The van der Waals surface area contributed by atoms with Gasteiger partial charge in [-0.2, -0.15) is 0 Å². The van der Waals surface area contributed by atoms with Crippen LogP contribution < -0.4 is 36.8 Å². The van der Waals surface area contributed by atoms with Crippen LogP contribution in [0, 0.1) is 0 Å². The zero-order chi connectivity index (χ0) is 36.1. The molecule has 1 rings (SSSR count). The summed E-state index contributed by atoms with van der Waals surface area (Å²) in [6, 6.07) is -2.20. The van der Waals surface area contributed by atoms with Gasteiger partial charge in [-0.25, -0.2) is 4.57 Å². The average molecular weight is 690 g/mol. The second-order valence-corrected chi connectivity index (χ2v) is 11.4. The molecule has 0 saturated carbocycles. The molecule has 0 bridgehead atoms. The molecule has 5 atom stereocenters. The Hall–Kier alpha value is -5.07. The molecule has 1 aromatic rings. The smallest absolute Gasteiger partial charge is 0.481 e. The topological polar surface area (TPSA) is 330 Å². The fraction of sp³-hybridized carbons (Fsp3) is 0.462. The van der Waals surface area contributed by atoms with Gasteiger partial charge in [-0.05, 0) is 38.0 Å². The molecule has 0 unspecified atom stereocenters. The van der Waals surface area contributed by atoms with E-state index in [4.69, 9.17) is 25.7 Å². The summed E-state index contributed by atoms with van der Waals surface area (Å²) in [7, 11) is -4.86. The highest BCUT2D eigenvalue weighted by Crippen LogP contribution is 2.37. The van der Waals surface area contributed by atoms with Crippen LogP contribution in [0.3, 0.4) is 0 Å². The van der Waals surface area contributed by atoms with Crippen LogP contribution in [0.5, 0.6) is 5.75 Å². The number of phosphoric acid groups is 1. The lowest BCUT2D eigenvalue weighted by molar-refractivity contribution is -0.141. The number of hydrogen-bond acceptors (Lipinski definition) is 10. The number of nitrogens with two attached hydrogens (primary N) is 1. The summed E-state index contributed by atoms with van der Waals surface area (Å²) in [6.07, 6.45) is -2.19. The van der Waals surface area contributed by atoms with Gasteiger partial charge in [0, 0.05) is 19.8 Å². The van der Waals surface area contributed by atoms with Gasteiger partial charge in [0.15, 0.2) is 0 Å². The maximum atomic E-state index is 13.3. The molecule has 1 aromatic carbocycles. The third-order valence-corrected chi connectivity index (χ3v) is 6.56. The van der Waals surface area contributed by atoms with Crippen LogP contribution in [0.4, 0.5) is 0 Å². The maximum absolute atomic E-state index is 13.3. The summed E-state index contributed by atoms with van der Waals surface area (Å²) in [5, 5.41) is 29.4. The van der Waals surface area contributed by atoms with E-state index in [2.05, 4.69) is 31.1 Å². The van der Waals surface area contributed by atoms with E-state index in [0.29, 0.717) is 5.56 Å². The van der Waals surface area contributed by atoms with Gasteiger partial charge in [0.25, 0.3) is 0 Å². The summed E-state index contributed by atoms with van der Waals surface area (Å²) >= 11 is 0. The zero-order valence-corrected chi connectivity index (χ0v) is 26.3. The molecular formula is C26H37N6O14P. The normalized spacial score (nSPS) is 14.1. The van der Waals surface area contributed by atoms with E-state index in [1.807, 2.05) is 0 Å². The van der Waals surface area contributed by atoms with Gasteiger partial charge < -0.3 is 47.1 Å². The molecule has 6 amide bonds. The molecule has 20 nitrogen and oxygen atoms in total. The lowest BCUT2D eigenvalue weighted by atomic mass is 10.0. The molecule has 47 heavy (non-hydrogen) atoms. The van der Waals surface area contributed by atoms with Crippen molar-refractivity contribution in [3.63, 3.8) is 0 Å². The molecule has 0 aliphatic rings. The second-order valence-electron chi connectivity index (χ2n) is 10.2. The van der Waals surface area contributed by atoms with Crippen molar-refractivity contribution in [2.24, 2.45) is 5.73 Å². The first kappa shape index (κ1) is 40.0. The van der Waals surface area contributed by atoms with Gasteiger partial charge in [-0.3, -0.25) is 48.1 Å². The first-order valence-corrected chi connectivity index (χ1v) is 15.3. The molecule has 11 N–H and O–H groups in total. The minimum absolute atomic E-state index is 0.210. The number of hydrogen-bond donors (Lipinski definition) is 10. The Morgan fingerprint density at radius 3 is 1.74 bits per heavy atom. The monoisotopic (exact) mass is 689 g/mol. The van der Waals surface area contributed by atoms with Crippen molar-refractivity contribution in [3.05, 3.63) is 29.8 Å². The predicted octanol–water partition coefficient (Wildman–Crippen LogP) is -2.99. The van der Waals surface area contributed by atoms with Crippen molar-refractivity contribution in [1.82, 2.24) is 26.6 Å². The highest BCUT2D eigenvalue weighted by atomic mass is 32.2. The Morgan fingerprint density at radius 2 is 1.26 bits per heavy atom. The molecule has 21 heteroatoms. The van der Waals surface area contributed by atoms with Crippen molar-refractivity contribution in [1.29, 1.82) is 0 Å². The zero-order valence-electron chi connectivity index (χ0n) is 25.4. The first-order valence-electron chi connectivity index (χ1n) is 13.7. The number of phosphoric ester groups is 1. The number of carbonyl (C=O) groups is 8. The number of amides is 6. The van der Waals surface area contributed by atoms with Crippen LogP contribution in [-0.2, 0) is 49.3 Å². The summed E-state index contributed by atoms with van der Waals surface area (Å²) < 4.78 is 15.5. The molecule has 0 aliphatic heterocycles. The maximum Gasteiger partial charge on any atom is 0.524 e. The van der Waals surface area contributed by atoms with Gasteiger partial charge in [0.05, 0.1) is 6.42 Å². The van der Waals surface area contributed by atoms with E-state index in [-0.39, 0.29) is 12.2 Å². The number of primary amides is 1. The highest BCUT2D eigenvalue weighted by Gasteiger charge is 2.31. The predicted molar refractivity (Wildman–Crippen MR) is 158 cm³/mol. The Bertz CT molecular complexity index is 1380. The second kappa shape index (κ2) is 18.2. The number of nitrogens with one attached hydrogen (secondary N) is 5. The third kappa shape index (κ3) is 15.7. The summed E-state index contributed by atoms with van der Waals surface area (Å²) in [5.74, 6) is -8.60. The molecule has 0 heterocycles. The lowest BCUT2D eigenvalue weighted by Crippen LogP contribution is -2.58. The SMILES string of the molecule is CC(=O)N[C@@H](CC(=O)O)C(=O)N[C@@H](C)C(=O)N[C@@H](CCC(=O)O)C(=O)N[C@@H](Cc1ccc(O[32P](=O)(O)O)cc1)C(=O)N[C@@H](C)C(N)=O. The van der Waals surface area contributed by atoms with Gasteiger partial charge in [0.2, 0.25) is 35.4 Å². The molecule has 0 saturated heterocycles. The van der Waals surface area contributed by atoms with E-state index in [9.17, 15) is 42.9 Å². The highest BCUT2D eigenvalue weighted by molar-refractivity contribution is 7.46. The van der Waals surface area contributed by atoms with E-state index >= 15 is 0 Å². The standard InChI is InChI=1S/C26H37N6O14P/c1-12(22(27)38)28-25(41)18(10-15-4-6-16(7-5-15)46-47(43,44)45)32-24(40)17(8-9-20(34)35)31-23(39)13(2)29-26(42)19(11-21(36)37)30-14(3)33/h4-7,12-13,17-19H,8-11H2,1-3H3,(H2,27,38)(H,28,41)(H,29,42)(H,30,33)(H,31,39)(H,32,40)(H,34,35)(H,36,37)(H2,43,44,45)/t12-,13-,17-,18-,19-/m0/s1/i47+1. The summed E-state index contributed by atoms with van der Waals surface area (Å²) in [6.45, 7) is 3.49. The van der Waals surface area contributed by atoms with Crippen molar-refractivity contribution in [2.45, 2.75) is 76.7 Å². The largest absolute Gasteiger partial charge is 0.524 e. The van der Waals surface area contributed by atoms with E-state index in [1.54, 1.807) is 0 Å². The van der Waals surface area contributed by atoms with Gasteiger partial charge >= 0.3 is 19.8 Å². The number of carboxylic acids is 2. The van der Waals surface area contributed by atoms with Crippen LogP contribution in [0.15, 0.2) is 24.3 Å². The molecular weight excluding hydrogens is 652 g/mol. The molecule has 0 spiro atoms. The lowest BCUT2D eigenvalue weighted by Gasteiger charge is -2.25. The van der Waals surface area contributed by atoms with E-state index in [1.165, 1.54) is 38.1 Å². The molecule has 0 fully saturated rings. The van der Waals surface area contributed by atoms with Crippen LogP contribution in [0.25, 0.3) is 0 Å². The van der Waals surface area contributed by atoms with Crippen molar-refractivity contribution in [2.75, 3.05) is 0 Å². The Balaban J connectivity index is 3.21. The summed E-state index contributed by atoms with van der Waals surface area (Å²) in [5.41, 5.74) is 5.53. The van der Waals surface area contributed by atoms with Crippen molar-refractivity contribution < 1.29 is 67.4 Å². The quantitative estimate of drug-likeness (QED) is 0.0648. The van der Waals surface area contributed by atoms with Crippen LogP contribution in [-0.4, -0.2) is 97.6 Å². The van der Waals surface area contributed by atoms with Gasteiger partial charge in [-0.15, -0.1) is 0 Å². The van der Waals surface area contributed by atoms with Gasteiger partial charge in [0.1, 0.15) is 36.0 Å². The Morgan fingerprint density at radius 1 is 0.745 bits per heavy atom. The van der Waals surface area contributed by atoms with Crippen LogP contribution in [0.1, 0.15) is 45.6 Å². The van der Waals surface area contributed by atoms with Crippen molar-refractivity contribution >= 4 is 55.2 Å². The minimum atomic E-state index is -4.86. The van der Waals surface area contributed by atoms with Crippen molar-refractivity contribution in [3.8, 4) is 5.75 Å². The van der Waals surface area contributed by atoms with E-state index < -0.39 is 105 Å². The fourth-order valence-corrected chi connectivity index (χ4v) is 4.16. The number of benzene rings is 1. The Kier molecular flexibility index (Phi) is 15.4. The number of carbonyl (C=O) groups excluding carboxylic acids is 6. The molecule has 0 radical (unpaired) electrons. The first-order chi connectivity index (χ1) is 21.7. The minimum Gasteiger partial charge on any atom is -0.481 e. The van der Waals surface area contributed by atoms with E-state index in [0.717, 1.165) is 6.92 Å². The number of rotatable bonds is 19. The van der Waals surface area contributed by atoms with Gasteiger partial charge in [-0.1, -0.05) is 12.1 Å². The molecule has 0 aliphatic carbocycles. The molecule has 260 valence electrons. The Labute approximate surface area is 267 Å². The number of carboxylic acid groups (broad SMARTS) is 2. The third-order valence-electron chi connectivity index (χ3n) is 6.11. The fourth-order valence-electron chi connectivity index (χ4n) is 3.77. The summed E-state index contributed by atoms with van der Waals surface area (Å²) in [4.78, 5) is 115. The average Bonchev–Trinajstić information content (AvgIpc) is 2.93.